The number of aliphatic hydroxyl groups excluding tert-OH is 1. The number of benzene rings is 2. The van der Waals surface area contributed by atoms with E-state index in [4.69, 9.17) is 0 Å². The second-order valence-corrected chi connectivity index (χ2v) is 4.06. The van der Waals surface area contributed by atoms with Crippen molar-refractivity contribution in [3.8, 4) is 0 Å². The zero-order valence-electron chi connectivity index (χ0n) is 9.91. The van der Waals surface area contributed by atoms with Gasteiger partial charge < -0.3 is 10.4 Å². The van der Waals surface area contributed by atoms with Crippen LogP contribution in [0.15, 0.2) is 42.5 Å². The minimum atomic E-state index is -0.975. The maximum atomic E-state index is 13.1. The van der Waals surface area contributed by atoms with Crippen LogP contribution in [0.25, 0.3) is 0 Å². The van der Waals surface area contributed by atoms with E-state index in [1.807, 2.05) is 0 Å². The van der Waals surface area contributed by atoms with Crippen molar-refractivity contribution < 1.29 is 18.3 Å². The van der Waals surface area contributed by atoms with Crippen LogP contribution in [0.3, 0.4) is 0 Å². The molecule has 5 heteroatoms. The van der Waals surface area contributed by atoms with Crippen LogP contribution in [-0.2, 0) is 0 Å². The zero-order valence-corrected chi connectivity index (χ0v) is 9.91. The molecular weight excluding hydrogens is 255 g/mol. The van der Waals surface area contributed by atoms with Gasteiger partial charge in [-0.3, -0.25) is 0 Å². The Bertz CT molecular complexity index is 557. The van der Waals surface area contributed by atoms with Crippen molar-refractivity contribution in [3.05, 3.63) is 65.5 Å². The van der Waals surface area contributed by atoms with E-state index in [2.05, 4.69) is 5.32 Å². The van der Waals surface area contributed by atoms with Gasteiger partial charge in [0.05, 0.1) is 12.6 Å². The summed E-state index contributed by atoms with van der Waals surface area (Å²) < 4.78 is 38.7. The molecule has 2 rings (SSSR count). The molecule has 0 spiro atoms. The molecule has 0 amide bonds. The number of hydrogen-bond donors (Lipinski definition) is 2. The molecule has 100 valence electrons. The van der Waals surface area contributed by atoms with E-state index in [-0.39, 0.29) is 12.4 Å². The third-order valence-electron chi connectivity index (χ3n) is 2.71. The van der Waals surface area contributed by atoms with Crippen molar-refractivity contribution in [2.24, 2.45) is 0 Å². The highest BCUT2D eigenvalue weighted by Crippen LogP contribution is 2.21. The van der Waals surface area contributed by atoms with Gasteiger partial charge in [0.15, 0.2) is 11.6 Å². The molecule has 2 N–H and O–H groups in total. The highest BCUT2D eigenvalue weighted by molar-refractivity contribution is 5.45. The second-order valence-electron chi connectivity index (χ2n) is 4.06. The van der Waals surface area contributed by atoms with Crippen molar-refractivity contribution >= 4 is 5.69 Å². The van der Waals surface area contributed by atoms with Crippen LogP contribution in [-0.4, -0.2) is 11.7 Å². The van der Waals surface area contributed by atoms with Crippen LogP contribution in [0.1, 0.15) is 11.6 Å². The molecule has 19 heavy (non-hydrogen) atoms. The number of anilines is 1. The zero-order chi connectivity index (χ0) is 13.8. The summed E-state index contributed by atoms with van der Waals surface area (Å²) in [5, 5.41) is 12.2. The Morgan fingerprint density at radius 2 is 1.63 bits per heavy atom. The summed E-state index contributed by atoms with van der Waals surface area (Å²) in [4.78, 5) is 0. The lowest BCUT2D eigenvalue weighted by atomic mass is 10.1. The van der Waals surface area contributed by atoms with Crippen molar-refractivity contribution in [2.75, 3.05) is 11.9 Å². The highest BCUT2D eigenvalue weighted by Gasteiger charge is 2.13. The molecular formula is C14H12F3NO. The molecule has 2 aromatic carbocycles. The number of halogens is 3. The fourth-order valence-electron chi connectivity index (χ4n) is 1.71. The van der Waals surface area contributed by atoms with Crippen molar-refractivity contribution in [1.29, 1.82) is 0 Å². The molecule has 0 aliphatic heterocycles. The largest absolute Gasteiger partial charge is 0.394 e. The van der Waals surface area contributed by atoms with Crippen LogP contribution in [0.5, 0.6) is 0 Å². The van der Waals surface area contributed by atoms with Gasteiger partial charge in [-0.1, -0.05) is 6.07 Å². The van der Waals surface area contributed by atoms with Crippen LogP contribution < -0.4 is 5.32 Å². The van der Waals surface area contributed by atoms with Gasteiger partial charge in [-0.25, -0.2) is 13.2 Å². The van der Waals surface area contributed by atoms with E-state index in [1.165, 1.54) is 30.3 Å². The monoisotopic (exact) mass is 267 g/mol. The lowest BCUT2D eigenvalue weighted by molar-refractivity contribution is 0.276. The molecule has 2 aromatic rings. The average molecular weight is 267 g/mol. The van der Waals surface area contributed by atoms with E-state index < -0.39 is 17.7 Å². The Balaban J connectivity index is 2.19. The summed E-state index contributed by atoms with van der Waals surface area (Å²) in [7, 11) is 0. The summed E-state index contributed by atoms with van der Waals surface area (Å²) in [6, 6.07) is 8.34. The average Bonchev–Trinajstić information content (AvgIpc) is 2.41. The lowest BCUT2D eigenvalue weighted by Gasteiger charge is -2.18. The van der Waals surface area contributed by atoms with Crippen molar-refractivity contribution in [3.63, 3.8) is 0 Å². The van der Waals surface area contributed by atoms with Gasteiger partial charge in [-0.05, 0) is 42.0 Å². The number of hydrogen-bond acceptors (Lipinski definition) is 2. The molecule has 0 radical (unpaired) electrons. The Morgan fingerprint density at radius 3 is 2.21 bits per heavy atom. The summed E-state index contributed by atoms with van der Waals surface area (Å²) >= 11 is 0. The maximum Gasteiger partial charge on any atom is 0.159 e. The van der Waals surface area contributed by atoms with Crippen molar-refractivity contribution in [1.82, 2.24) is 0 Å². The Hall–Kier alpha value is -2.01. The summed E-state index contributed by atoms with van der Waals surface area (Å²) in [6.07, 6.45) is 0. The van der Waals surface area contributed by atoms with Gasteiger partial charge >= 0.3 is 0 Å². The fraction of sp³-hybridized carbons (Fsp3) is 0.143. The summed E-state index contributed by atoms with van der Waals surface area (Å²) in [5.41, 5.74) is 0.982. The van der Waals surface area contributed by atoms with E-state index in [1.54, 1.807) is 0 Å². The first-order chi connectivity index (χ1) is 9.10. The molecule has 0 aliphatic rings. The lowest BCUT2D eigenvalue weighted by Crippen LogP contribution is -2.15. The maximum absolute atomic E-state index is 13.1. The first-order valence-electron chi connectivity index (χ1n) is 5.68. The normalized spacial score (nSPS) is 12.2. The smallest absolute Gasteiger partial charge is 0.159 e. The van der Waals surface area contributed by atoms with E-state index in [0.29, 0.717) is 11.3 Å². The first-order valence-corrected chi connectivity index (χ1v) is 5.68. The predicted molar refractivity (Wildman–Crippen MR) is 66.2 cm³/mol. The van der Waals surface area contributed by atoms with Crippen molar-refractivity contribution in [2.45, 2.75) is 6.04 Å². The number of nitrogens with one attached hydrogen (secondary N) is 1. The molecule has 0 bridgehead atoms. The second kappa shape index (κ2) is 5.75. The van der Waals surface area contributed by atoms with Gasteiger partial charge in [-0.2, -0.15) is 0 Å². The van der Waals surface area contributed by atoms with E-state index in [9.17, 15) is 18.3 Å². The number of rotatable bonds is 4. The van der Waals surface area contributed by atoms with Gasteiger partial charge in [0.2, 0.25) is 0 Å². The fourth-order valence-corrected chi connectivity index (χ4v) is 1.71. The van der Waals surface area contributed by atoms with Gasteiger partial charge in [0, 0.05) is 5.69 Å². The molecule has 1 unspecified atom stereocenters. The molecule has 0 fully saturated rings. The van der Waals surface area contributed by atoms with Crippen LogP contribution >= 0.6 is 0 Å². The molecule has 0 saturated heterocycles. The third-order valence-corrected chi connectivity index (χ3v) is 2.71. The van der Waals surface area contributed by atoms with Crippen LogP contribution in [0.2, 0.25) is 0 Å². The van der Waals surface area contributed by atoms with Crippen LogP contribution in [0.4, 0.5) is 18.9 Å². The molecule has 0 aromatic heterocycles. The summed E-state index contributed by atoms with van der Waals surface area (Å²) in [5.74, 6) is -2.29. The third kappa shape index (κ3) is 3.26. The Labute approximate surface area is 108 Å². The standard InChI is InChI=1S/C14H12F3NO/c15-10-2-4-11(5-3-10)18-14(8-19)9-1-6-12(16)13(17)7-9/h1-7,14,18-19H,8H2. The first kappa shape index (κ1) is 13.4. The van der Waals surface area contributed by atoms with Gasteiger partial charge in [0.1, 0.15) is 5.82 Å². The molecule has 2 nitrogen and oxygen atoms in total. The minimum absolute atomic E-state index is 0.303. The van der Waals surface area contributed by atoms with Crippen LogP contribution in [0, 0.1) is 17.5 Å². The molecule has 0 aliphatic carbocycles. The van der Waals surface area contributed by atoms with E-state index in [0.717, 1.165) is 12.1 Å². The quantitative estimate of drug-likeness (QED) is 0.891. The molecule has 0 saturated carbocycles. The minimum Gasteiger partial charge on any atom is -0.394 e. The Kier molecular flexibility index (Phi) is 4.06. The van der Waals surface area contributed by atoms with Gasteiger partial charge in [0.25, 0.3) is 0 Å². The Morgan fingerprint density at radius 1 is 0.947 bits per heavy atom. The highest BCUT2D eigenvalue weighted by atomic mass is 19.2. The summed E-state index contributed by atoms with van der Waals surface area (Å²) in [6.45, 7) is -0.303. The SMILES string of the molecule is OCC(Nc1ccc(F)cc1)c1ccc(F)c(F)c1. The topological polar surface area (TPSA) is 32.3 Å². The van der Waals surface area contributed by atoms with Gasteiger partial charge in [-0.15, -0.1) is 0 Å². The van der Waals surface area contributed by atoms with E-state index >= 15 is 0 Å². The number of aliphatic hydroxyl groups is 1. The predicted octanol–water partition coefficient (Wildman–Crippen LogP) is 3.25. The molecule has 1 atom stereocenters. The molecule has 0 heterocycles.